The van der Waals surface area contributed by atoms with Gasteiger partial charge in [-0.3, -0.25) is 5.21 Å². The second kappa shape index (κ2) is 4.79. The lowest BCUT2D eigenvalue weighted by Gasteiger charge is -2.58. The molecule has 3 aliphatic rings. The molecular weight excluding hydrogens is 302 g/mol. The van der Waals surface area contributed by atoms with Crippen LogP contribution in [0.2, 0.25) is 0 Å². The fourth-order valence-electron chi connectivity index (χ4n) is 5.78. The van der Waals surface area contributed by atoms with E-state index in [4.69, 9.17) is 5.73 Å². The summed E-state index contributed by atoms with van der Waals surface area (Å²) in [6.45, 7) is 1.17. The number of anilines is 1. The Bertz CT molecular complexity index is 838. The SMILES string of the molecule is CN1CC[C@]23CCCC[C@H]2[C@H]1Cc1cc2c(cc13)nc(N)n[n+]2O. The van der Waals surface area contributed by atoms with E-state index in [1.807, 2.05) is 0 Å². The second-order valence-electron chi connectivity index (χ2n) is 7.87. The van der Waals surface area contributed by atoms with Crippen LogP contribution in [0, 0.1) is 5.92 Å². The van der Waals surface area contributed by atoms with Crippen molar-refractivity contribution in [3.8, 4) is 0 Å². The van der Waals surface area contributed by atoms with E-state index in [1.54, 1.807) is 0 Å². The van der Waals surface area contributed by atoms with Gasteiger partial charge >= 0.3 is 5.52 Å². The van der Waals surface area contributed by atoms with Gasteiger partial charge in [0.25, 0.3) is 5.95 Å². The highest BCUT2D eigenvalue weighted by Gasteiger charge is 2.53. The van der Waals surface area contributed by atoms with Crippen LogP contribution in [0.4, 0.5) is 5.95 Å². The molecule has 1 saturated carbocycles. The summed E-state index contributed by atoms with van der Waals surface area (Å²) in [5, 5.41) is 14.0. The summed E-state index contributed by atoms with van der Waals surface area (Å²) in [5.74, 6) is 0.857. The number of rotatable bonds is 0. The van der Waals surface area contributed by atoms with Crippen LogP contribution in [0.15, 0.2) is 12.1 Å². The molecule has 1 aliphatic heterocycles. The Morgan fingerprint density at radius 2 is 2.21 bits per heavy atom. The van der Waals surface area contributed by atoms with Crippen LogP contribution in [-0.2, 0) is 11.8 Å². The first-order valence-corrected chi connectivity index (χ1v) is 9.01. The predicted molar refractivity (Wildman–Crippen MR) is 89.7 cm³/mol. The summed E-state index contributed by atoms with van der Waals surface area (Å²) in [5.41, 5.74) is 10.2. The van der Waals surface area contributed by atoms with E-state index in [9.17, 15) is 5.21 Å². The topological polar surface area (TPSA) is 79.2 Å². The van der Waals surface area contributed by atoms with E-state index >= 15 is 0 Å². The molecule has 0 radical (unpaired) electrons. The van der Waals surface area contributed by atoms with Crippen LogP contribution >= 0.6 is 0 Å². The van der Waals surface area contributed by atoms with Gasteiger partial charge in [0.2, 0.25) is 0 Å². The quantitative estimate of drug-likeness (QED) is 0.565. The van der Waals surface area contributed by atoms with Crippen LogP contribution in [0.3, 0.4) is 0 Å². The van der Waals surface area contributed by atoms with Gasteiger partial charge in [-0.15, -0.1) is 0 Å². The summed E-state index contributed by atoms with van der Waals surface area (Å²) < 4.78 is 0. The van der Waals surface area contributed by atoms with Crippen molar-refractivity contribution < 1.29 is 10.1 Å². The molecule has 1 aromatic carbocycles. The molecule has 1 aromatic heterocycles. The lowest BCUT2D eigenvalue weighted by molar-refractivity contribution is -0.928. The Labute approximate surface area is 141 Å². The Hall–Kier alpha value is -1.95. The van der Waals surface area contributed by atoms with Crippen LogP contribution in [0.1, 0.15) is 43.2 Å². The van der Waals surface area contributed by atoms with Crippen LogP contribution in [0.25, 0.3) is 11.0 Å². The number of piperidine rings is 1. The number of hydrogen-bond donors (Lipinski definition) is 2. The largest absolute Gasteiger partial charge is 0.363 e. The molecule has 6 nitrogen and oxygen atoms in total. The molecule has 0 spiro atoms. The van der Waals surface area contributed by atoms with E-state index in [-0.39, 0.29) is 11.4 Å². The zero-order valence-electron chi connectivity index (χ0n) is 14.1. The summed E-state index contributed by atoms with van der Waals surface area (Å²) in [6, 6.07) is 4.89. The summed E-state index contributed by atoms with van der Waals surface area (Å²) in [4.78, 5) is 7.80. The first kappa shape index (κ1) is 14.4. The maximum absolute atomic E-state index is 10.1. The fourth-order valence-corrected chi connectivity index (χ4v) is 5.78. The van der Waals surface area contributed by atoms with Crippen molar-refractivity contribution in [2.45, 2.75) is 50.0 Å². The van der Waals surface area contributed by atoms with Gasteiger partial charge in [0.15, 0.2) is 0 Å². The van der Waals surface area contributed by atoms with Crippen LogP contribution in [-0.4, -0.2) is 39.8 Å². The zero-order chi connectivity index (χ0) is 16.5. The number of nitrogen functional groups attached to an aromatic ring is 1. The number of likely N-dealkylation sites (tertiary alicyclic amines) is 1. The molecule has 24 heavy (non-hydrogen) atoms. The van der Waals surface area contributed by atoms with E-state index < -0.39 is 0 Å². The van der Waals surface area contributed by atoms with Gasteiger partial charge in [0.1, 0.15) is 10.4 Å². The molecule has 6 heteroatoms. The Kier molecular flexibility index (Phi) is 2.87. The zero-order valence-corrected chi connectivity index (χ0v) is 14.1. The minimum Gasteiger partial charge on any atom is -0.363 e. The number of benzene rings is 1. The molecule has 0 unspecified atom stereocenters. The highest BCUT2D eigenvalue weighted by atomic mass is 16.5. The molecule has 2 heterocycles. The maximum atomic E-state index is 10.1. The van der Waals surface area contributed by atoms with Gasteiger partial charge in [0.05, 0.1) is 5.10 Å². The van der Waals surface area contributed by atoms with Gasteiger partial charge in [0, 0.05) is 17.5 Å². The molecule has 0 amide bonds. The molecular formula is C18H24N5O+. The standard InChI is InChI=1S/C18H24N5O/c1-22-7-6-18-5-3-2-4-12(18)15(22)8-11-9-16-14(10-13(11)18)20-17(19)21-23(16)24/h9-10,12,15H,2-8H2,1H3,(H3,19,20,21,24)/q+1/t12-,15+,18+/m0/s1. The van der Waals surface area contributed by atoms with Crippen molar-refractivity contribution in [1.29, 1.82) is 0 Å². The molecule has 5 rings (SSSR count). The highest BCUT2D eigenvalue weighted by Crippen LogP contribution is 2.55. The number of likely N-dealkylation sites (N-methyl/N-ethyl adjacent to an activating group) is 1. The Morgan fingerprint density at radius 3 is 3.08 bits per heavy atom. The Balaban J connectivity index is 1.78. The van der Waals surface area contributed by atoms with Crippen molar-refractivity contribution in [3.63, 3.8) is 0 Å². The Morgan fingerprint density at radius 1 is 1.33 bits per heavy atom. The molecule has 2 fully saturated rings. The summed E-state index contributed by atoms with van der Waals surface area (Å²) in [7, 11) is 2.27. The van der Waals surface area contributed by atoms with Gasteiger partial charge in [-0.05, 0) is 62.4 Å². The number of hydrogen-bond acceptors (Lipinski definition) is 5. The molecule has 2 bridgehead atoms. The van der Waals surface area contributed by atoms with Crippen molar-refractivity contribution in [2.24, 2.45) is 5.92 Å². The summed E-state index contributed by atoms with van der Waals surface area (Å²) >= 11 is 0. The minimum absolute atomic E-state index is 0.111. The number of nitrogens with two attached hydrogens (primary N) is 1. The van der Waals surface area contributed by atoms with Crippen LogP contribution in [0.5, 0.6) is 0 Å². The lowest BCUT2D eigenvalue weighted by Crippen LogP contribution is -2.59. The van der Waals surface area contributed by atoms with Crippen molar-refractivity contribution in [1.82, 2.24) is 15.0 Å². The van der Waals surface area contributed by atoms with Crippen LogP contribution < -0.4 is 10.6 Å². The van der Waals surface area contributed by atoms with E-state index in [0.717, 1.165) is 22.7 Å². The van der Waals surface area contributed by atoms with Crippen molar-refractivity contribution >= 4 is 17.0 Å². The number of nitrogens with zero attached hydrogens (tertiary/aromatic N) is 4. The van der Waals surface area contributed by atoms with E-state index in [2.05, 4.69) is 34.2 Å². The van der Waals surface area contributed by atoms with Crippen molar-refractivity contribution in [3.05, 3.63) is 23.3 Å². The minimum atomic E-state index is 0.111. The molecule has 2 aromatic rings. The number of fused-ring (bicyclic) bond motifs is 2. The van der Waals surface area contributed by atoms with Gasteiger partial charge < -0.3 is 10.6 Å². The van der Waals surface area contributed by atoms with E-state index in [1.165, 1.54) is 49.8 Å². The third kappa shape index (κ3) is 1.77. The van der Waals surface area contributed by atoms with E-state index in [0.29, 0.717) is 11.6 Å². The summed E-state index contributed by atoms with van der Waals surface area (Å²) in [6.07, 6.45) is 7.56. The molecule has 2 aliphatic carbocycles. The second-order valence-corrected chi connectivity index (χ2v) is 7.87. The number of aromatic nitrogens is 3. The highest BCUT2D eigenvalue weighted by molar-refractivity contribution is 5.75. The monoisotopic (exact) mass is 326 g/mol. The molecule has 126 valence electrons. The van der Waals surface area contributed by atoms with Gasteiger partial charge in [-0.25, -0.2) is 4.98 Å². The van der Waals surface area contributed by atoms with Gasteiger partial charge in [-0.1, -0.05) is 12.8 Å². The third-order valence-corrected chi connectivity index (χ3v) is 6.85. The average molecular weight is 326 g/mol. The average Bonchev–Trinajstić information content (AvgIpc) is 2.57. The normalized spacial score (nSPS) is 32.4. The first-order chi connectivity index (χ1) is 11.6. The van der Waals surface area contributed by atoms with Crippen molar-refractivity contribution in [2.75, 3.05) is 19.3 Å². The maximum Gasteiger partial charge on any atom is 0.315 e. The smallest absolute Gasteiger partial charge is 0.315 e. The molecule has 3 N–H and O–H groups in total. The fraction of sp³-hybridized carbons (Fsp3) is 0.611. The molecule has 1 saturated heterocycles. The third-order valence-electron chi connectivity index (χ3n) is 6.85. The first-order valence-electron chi connectivity index (χ1n) is 9.01. The molecule has 3 atom stereocenters. The predicted octanol–water partition coefficient (Wildman–Crippen LogP) is 1.42. The van der Waals surface area contributed by atoms with Gasteiger partial charge in [-0.2, -0.15) is 0 Å². The lowest BCUT2D eigenvalue weighted by atomic mass is 9.52.